The third-order valence-corrected chi connectivity index (χ3v) is 4.56. The highest BCUT2D eigenvalue weighted by atomic mass is 32.2. The van der Waals surface area contributed by atoms with Crippen molar-refractivity contribution in [3.63, 3.8) is 0 Å². The molecule has 1 unspecified atom stereocenters. The van der Waals surface area contributed by atoms with Crippen LogP contribution in [0, 0.1) is 0 Å². The minimum atomic E-state index is -1.82. The average Bonchev–Trinajstić information content (AvgIpc) is 3.05. The minimum absolute atomic E-state index is 0.419. The van der Waals surface area contributed by atoms with Gasteiger partial charge in [-0.3, -0.25) is 4.99 Å². The molecule has 3 rings (SSSR count). The van der Waals surface area contributed by atoms with Crippen LogP contribution in [0.1, 0.15) is 10.9 Å². The summed E-state index contributed by atoms with van der Waals surface area (Å²) in [6, 6.07) is 4.71. The fourth-order valence-electron chi connectivity index (χ4n) is 1.74. The number of carboxylic acid groups (broad SMARTS) is 2. The van der Waals surface area contributed by atoms with Gasteiger partial charge >= 0.3 is 11.9 Å². The summed E-state index contributed by atoms with van der Waals surface area (Å²) in [7, 11) is 0. The normalized spacial score (nSPS) is 20.3. The zero-order valence-electron chi connectivity index (χ0n) is 9.85. The number of rotatable bonds is 1. The molecule has 0 radical (unpaired) electrons. The van der Waals surface area contributed by atoms with Gasteiger partial charge in [-0.1, -0.05) is 17.8 Å². The van der Waals surface area contributed by atoms with Crippen LogP contribution in [0.15, 0.2) is 22.5 Å². The molecule has 19 heavy (non-hydrogen) atoms. The fraction of sp³-hybridized carbons (Fsp3) is 0.364. The number of nitrogens with zero attached hydrogens (tertiary/aromatic N) is 2. The van der Waals surface area contributed by atoms with E-state index >= 15 is 0 Å². The summed E-state index contributed by atoms with van der Waals surface area (Å²) < 4.78 is 0. The van der Waals surface area contributed by atoms with E-state index in [4.69, 9.17) is 24.8 Å². The first-order valence-electron chi connectivity index (χ1n) is 5.53. The number of thioether (sulfide) groups is 1. The molecule has 2 aliphatic heterocycles. The molecule has 0 aliphatic carbocycles. The van der Waals surface area contributed by atoms with E-state index in [1.807, 2.05) is 23.1 Å². The molecule has 0 bridgehead atoms. The monoisotopic (exact) mass is 300 g/mol. The maximum atomic E-state index is 9.10. The quantitative estimate of drug-likeness (QED) is 0.761. The summed E-state index contributed by atoms with van der Waals surface area (Å²) in [6.07, 6.45) is 0. The van der Waals surface area contributed by atoms with Crippen LogP contribution < -0.4 is 0 Å². The van der Waals surface area contributed by atoms with E-state index in [9.17, 15) is 0 Å². The molecule has 2 aliphatic rings. The van der Waals surface area contributed by atoms with Crippen molar-refractivity contribution in [3.8, 4) is 0 Å². The van der Waals surface area contributed by atoms with E-state index in [0.29, 0.717) is 6.04 Å². The van der Waals surface area contributed by atoms with Crippen molar-refractivity contribution in [3.05, 3.63) is 22.4 Å². The molecule has 2 N–H and O–H groups in total. The lowest BCUT2D eigenvalue weighted by molar-refractivity contribution is -0.159. The Labute approximate surface area is 117 Å². The summed E-state index contributed by atoms with van der Waals surface area (Å²) in [5, 5.41) is 18.2. The van der Waals surface area contributed by atoms with Crippen LogP contribution in [0.3, 0.4) is 0 Å². The van der Waals surface area contributed by atoms with E-state index in [0.717, 1.165) is 6.54 Å². The zero-order valence-corrected chi connectivity index (χ0v) is 11.5. The number of hydrogen-bond acceptors (Lipinski definition) is 6. The van der Waals surface area contributed by atoms with Gasteiger partial charge in [-0.25, -0.2) is 9.59 Å². The van der Waals surface area contributed by atoms with Gasteiger partial charge < -0.3 is 15.1 Å². The van der Waals surface area contributed by atoms with E-state index in [1.165, 1.54) is 22.3 Å². The Balaban J connectivity index is 0.000000192. The topological polar surface area (TPSA) is 90.2 Å². The van der Waals surface area contributed by atoms with Crippen LogP contribution in [-0.2, 0) is 9.59 Å². The molecule has 8 heteroatoms. The van der Waals surface area contributed by atoms with Gasteiger partial charge in [0.25, 0.3) is 0 Å². The maximum Gasteiger partial charge on any atom is 0.414 e. The van der Waals surface area contributed by atoms with E-state index < -0.39 is 11.9 Å². The van der Waals surface area contributed by atoms with Gasteiger partial charge in [-0.2, -0.15) is 0 Å². The molecule has 1 atom stereocenters. The number of carbonyl (C=O) groups is 2. The van der Waals surface area contributed by atoms with Crippen LogP contribution in [0.5, 0.6) is 0 Å². The standard InChI is InChI=1S/C9H10N2S2.C2H2O4/c1-2-8(12-4-1)7-6-11-3-5-13-9(11)10-7;3-1(4)2(5)6/h1-2,4,7H,3,5-6H2;(H,3,4)(H,5,6). The average molecular weight is 300 g/mol. The molecule has 0 aromatic carbocycles. The molecular formula is C11H12N2O4S2. The van der Waals surface area contributed by atoms with Gasteiger partial charge in [0.2, 0.25) is 0 Å². The molecule has 3 heterocycles. The number of aliphatic imine (C=N–C) groups is 1. The van der Waals surface area contributed by atoms with Crippen LogP contribution in [-0.4, -0.2) is 51.1 Å². The van der Waals surface area contributed by atoms with Gasteiger partial charge in [0.05, 0.1) is 0 Å². The second kappa shape index (κ2) is 6.07. The Morgan fingerprint density at radius 1 is 1.37 bits per heavy atom. The molecule has 1 fully saturated rings. The van der Waals surface area contributed by atoms with Crippen molar-refractivity contribution in [1.82, 2.24) is 4.90 Å². The highest BCUT2D eigenvalue weighted by molar-refractivity contribution is 8.14. The lowest BCUT2D eigenvalue weighted by Crippen LogP contribution is -2.21. The first kappa shape index (κ1) is 13.9. The van der Waals surface area contributed by atoms with Crippen molar-refractivity contribution in [2.75, 3.05) is 18.8 Å². The number of thiophene rings is 1. The lowest BCUT2D eigenvalue weighted by Gasteiger charge is -2.10. The predicted octanol–water partition coefficient (Wildman–Crippen LogP) is 1.36. The van der Waals surface area contributed by atoms with Crippen molar-refractivity contribution in [2.24, 2.45) is 4.99 Å². The minimum Gasteiger partial charge on any atom is -0.473 e. The molecule has 1 aromatic rings. The van der Waals surface area contributed by atoms with Gasteiger partial charge in [0, 0.05) is 23.7 Å². The number of aliphatic carboxylic acids is 2. The molecule has 1 saturated heterocycles. The third kappa shape index (κ3) is 3.48. The number of carboxylic acids is 2. The van der Waals surface area contributed by atoms with E-state index in [-0.39, 0.29) is 0 Å². The van der Waals surface area contributed by atoms with Crippen molar-refractivity contribution >= 4 is 40.2 Å². The molecule has 1 aromatic heterocycles. The Bertz CT molecular complexity index is 489. The molecule has 102 valence electrons. The summed E-state index contributed by atoms with van der Waals surface area (Å²) in [5.41, 5.74) is 0. The first-order valence-corrected chi connectivity index (χ1v) is 7.39. The first-order chi connectivity index (χ1) is 9.08. The van der Waals surface area contributed by atoms with Gasteiger partial charge in [-0.05, 0) is 11.4 Å². The third-order valence-electron chi connectivity index (χ3n) is 2.58. The Hall–Kier alpha value is -1.54. The number of hydrogen-bond donors (Lipinski definition) is 2. The SMILES string of the molecule is O=C(O)C(=O)O.c1csc(C2CN3CCSC3=N2)c1. The van der Waals surface area contributed by atoms with Crippen molar-refractivity contribution in [1.29, 1.82) is 0 Å². The highest BCUT2D eigenvalue weighted by Crippen LogP contribution is 2.33. The van der Waals surface area contributed by atoms with E-state index in [1.54, 1.807) is 0 Å². The highest BCUT2D eigenvalue weighted by Gasteiger charge is 2.30. The maximum absolute atomic E-state index is 9.10. The van der Waals surface area contributed by atoms with Crippen LogP contribution in [0.4, 0.5) is 0 Å². The van der Waals surface area contributed by atoms with Crippen LogP contribution >= 0.6 is 23.1 Å². The second-order valence-electron chi connectivity index (χ2n) is 3.85. The van der Waals surface area contributed by atoms with Crippen molar-refractivity contribution < 1.29 is 19.8 Å². The Morgan fingerprint density at radius 3 is 2.63 bits per heavy atom. The molecule has 0 spiro atoms. The van der Waals surface area contributed by atoms with Gasteiger partial charge in [0.15, 0.2) is 5.17 Å². The Morgan fingerprint density at radius 2 is 2.11 bits per heavy atom. The summed E-state index contributed by atoms with van der Waals surface area (Å²) >= 11 is 3.71. The van der Waals surface area contributed by atoms with Gasteiger partial charge in [-0.15, -0.1) is 11.3 Å². The van der Waals surface area contributed by atoms with Crippen molar-refractivity contribution in [2.45, 2.75) is 6.04 Å². The molecular weight excluding hydrogens is 288 g/mol. The smallest absolute Gasteiger partial charge is 0.414 e. The summed E-state index contributed by atoms with van der Waals surface area (Å²) in [5.74, 6) is -2.43. The van der Waals surface area contributed by atoms with Gasteiger partial charge in [0.1, 0.15) is 6.04 Å². The molecule has 0 saturated carbocycles. The largest absolute Gasteiger partial charge is 0.473 e. The Kier molecular flexibility index (Phi) is 4.43. The second-order valence-corrected chi connectivity index (χ2v) is 5.89. The molecule has 6 nitrogen and oxygen atoms in total. The fourth-order valence-corrected chi connectivity index (χ4v) is 3.54. The zero-order chi connectivity index (χ0) is 13.8. The summed E-state index contributed by atoms with van der Waals surface area (Å²) in [6.45, 7) is 2.29. The number of fused-ring (bicyclic) bond motifs is 1. The molecule has 0 amide bonds. The predicted molar refractivity (Wildman–Crippen MR) is 73.8 cm³/mol. The number of amidine groups is 1. The van der Waals surface area contributed by atoms with Crippen LogP contribution in [0.25, 0.3) is 0 Å². The lowest BCUT2D eigenvalue weighted by atomic mass is 10.2. The van der Waals surface area contributed by atoms with Crippen LogP contribution in [0.2, 0.25) is 0 Å². The summed E-state index contributed by atoms with van der Waals surface area (Å²) in [4.78, 5) is 26.7. The van der Waals surface area contributed by atoms with E-state index in [2.05, 4.69) is 22.4 Å².